The summed E-state index contributed by atoms with van der Waals surface area (Å²) in [5.74, 6) is 0.886. The number of ether oxygens (including phenoxy) is 1. The zero-order valence-electron chi connectivity index (χ0n) is 18.2. The SMILES string of the molecule is Cc1cc(Br)ccc1N=Nc1ccc(OCCCCCCCCCCCCO)cc1. The number of nitrogens with zero attached hydrogens (tertiary/aromatic N) is 2. The summed E-state index contributed by atoms with van der Waals surface area (Å²) in [7, 11) is 0. The summed E-state index contributed by atoms with van der Waals surface area (Å²) in [4.78, 5) is 0. The summed E-state index contributed by atoms with van der Waals surface area (Å²) < 4.78 is 6.89. The van der Waals surface area contributed by atoms with Crippen molar-refractivity contribution in [2.24, 2.45) is 10.2 Å². The molecule has 0 unspecified atom stereocenters. The Kier molecular flexibility index (Phi) is 12.4. The van der Waals surface area contributed by atoms with E-state index >= 15 is 0 Å². The highest BCUT2D eigenvalue weighted by atomic mass is 79.9. The third kappa shape index (κ3) is 10.4. The Morgan fingerprint density at radius 3 is 1.97 bits per heavy atom. The summed E-state index contributed by atoms with van der Waals surface area (Å²) >= 11 is 3.46. The number of benzene rings is 2. The van der Waals surface area contributed by atoms with Gasteiger partial charge in [-0.05, 0) is 67.8 Å². The van der Waals surface area contributed by atoms with Crippen molar-refractivity contribution in [2.45, 2.75) is 71.1 Å². The van der Waals surface area contributed by atoms with E-state index in [0.717, 1.165) is 46.6 Å². The first-order chi connectivity index (χ1) is 14.7. The maximum atomic E-state index is 8.75. The van der Waals surface area contributed by atoms with Gasteiger partial charge in [0.25, 0.3) is 0 Å². The van der Waals surface area contributed by atoms with Crippen LogP contribution in [0.3, 0.4) is 0 Å². The molecule has 0 heterocycles. The second-order valence-electron chi connectivity index (χ2n) is 7.73. The number of halogens is 1. The van der Waals surface area contributed by atoms with Crippen molar-refractivity contribution in [3.8, 4) is 5.75 Å². The van der Waals surface area contributed by atoms with Gasteiger partial charge in [0, 0.05) is 11.1 Å². The molecule has 0 aliphatic heterocycles. The molecule has 2 aromatic rings. The number of hydrogen-bond donors (Lipinski definition) is 1. The van der Waals surface area contributed by atoms with Crippen LogP contribution in [0, 0.1) is 6.92 Å². The second-order valence-corrected chi connectivity index (χ2v) is 8.65. The Labute approximate surface area is 189 Å². The van der Waals surface area contributed by atoms with Crippen molar-refractivity contribution in [3.05, 3.63) is 52.5 Å². The number of azo groups is 1. The largest absolute Gasteiger partial charge is 0.494 e. The van der Waals surface area contributed by atoms with Crippen molar-refractivity contribution >= 4 is 27.3 Å². The smallest absolute Gasteiger partial charge is 0.119 e. The van der Waals surface area contributed by atoms with Gasteiger partial charge in [0.1, 0.15) is 5.75 Å². The van der Waals surface area contributed by atoms with E-state index in [2.05, 4.69) is 26.2 Å². The molecule has 0 saturated carbocycles. The van der Waals surface area contributed by atoms with Crippen molar-refractivity contribution < 1.29 is 9.84 Å². The molecule has 0 aliphatic rings. The predicted molar refractivity (Wildman–Crippen MR) is 128 cm³/mol. The number of rotatable bonds is 15. The number of aliphatic hydroxyl groups is 1. The minimum Gasteiger partial charge on any atom is -0.494 e. The van der Waals surface area contributed by atoms with Crippen molar-refractivity contribution in [3.63, 3.8) is 0 Å². The van der Waals surface area contributed by atoms with Gasteiger partial charge in [0.2, 0.25) is 0 Å². The molecule has 2 rings (SSSR count). The third-order valence-electron chi connectivity index (χ3n) is 5.09. The molecule has 4 nitrogen and oxygen atoms in total. The molecular formula is C25H35BrN2O2. The highest BCUT2D eigenvalue weighted by Gasteiger charge is 1.99. The second kappa shape index (κ2) is 15.1. The highest BCUT2D eigenvalue weighted by molar-refractivity contribution is 9.10. The van der Waals surface area contributed by atoms with Crippen LogP contribution in [0.4, 0.5) is 11.4 Å². The molecule has 5 heteroatoms. The Hall–Kier alpha value is -1.72. The molecular weight excluding hydrogens is 440 g/mol. The number of aliphatic hydroxyl groups excluding tert-OH is 1. The number of unbranched alkanes of at least 4 members (excludes halogenated alkanes) is 9. The quantitative estimate of drug-likeness (QED) is 0.208. The molecule has 30 heavy (non-hydrogen) atoms. The lowest BCUT2D eigenvalue weighted by Crippen LogP contribution is -1.96. The van der Waals surface area contributed by atoms with E-state index in [0.29, 0.717) is 6.61 Å². The molecule has 1 N–H and O–H groups in total. The van der Waals surface area contributed by atoms with E-state index in [1.54, 1.807) is 0 Å². The molecule has 0 spiro atoms. The lowest BCUT2D eigenvalue weighted by atomic mass is 10.1. The number of hydrogen-bond acceptors (Lipinski definition) is 4. The van der Waals surface area contributed by atoms with E-state index < -0.39 is 0 Å². The predicted octanol–water partition coefficient (Wildman–Crippen LogP) is 8.45. The standard InChI is InChI=1S/C25H35BrN2O2/c1-21-20-22(26)12-17-25(21)28-27-23-13-15-24(16-14-23)30-19-11-9-7-5-3-2-4-6-8-10-18-29/h12-17,20,29H,2-11,18-19H2,1H3. The first-order valence-electron chi connectivity index (χ1n) is 11.2. The van der Waals surface area contributed by atoms with E-state index in [1.165, 1.54) is 51.4 Å². The normalized spacial score (nSPS) is 11.3. The molecule has 0 amide bonds. The zero-order chi connectivity index (χ0) is 21.4. The molecule has 0 bridgehead atoms. The summed E-state index contributed by atoms with van der Waals surface area (Å²) in [6.45, 7) is 3.13. The Morgan fingerprint density at radius 1 is 0.767 bits per heavy atom. The van der Waals surface area contributed by atoms with Crippen molar-refractivity contribution in [1.82, 2.24) is 0 Å². The molecule has 0 fully saturated rings. The van der Waals surface area contributed by atoms with Crippen LogP contribution in [0.5, 0.6) is 5.75 Å². The fourth-order valence-electron chi connectivity index (χ4n) is 3.27. The lowest BCUT2D eigenvalue weighted by Gasteiger charge is -2.06. The molecule has 0 atom stereocenters. The van der Waals surface area contributed by atoms with Gasteiger partial charge in [-0.2, -0.15) is 10.2 Å². The number of aryl methyl sites for hydroxylation is 1. The third-order valence-corrected chi connectivity index (χ3v) is 5.58. The molecule has 2 aromatic carbocycles. The maximum absolute atomic E-state index is 8.75. The molecule has 164 valence electrons. The molecule has 0 radical (unpaired) electrons. The van der Waals surface area contributed by atoms with Gasteiger partial charge < -0.3 is 9.84 Å². The van der Waals surface area contributed by atoms with E-state index in [9.17, 15) is 0 Å². The lowest BCUT2D eigenvalue weighted by molar-refractivity contribution is 0.282. The summed E-state index contributed by atoms with van der Waals surface area (Å²) in [5.41, 5.74) is 2.78. The monoisotopic (exact) mass is 474 g/mol. The van der Waals surface area contributed by atoms with Gasteiger partial charge in [0.15, 0.2) is 0 Å². The van der Waals surface area contributed by atoms with Gasteiger partial charge in [-0.25, -0.2) is 0 Å². The Balaban J connectivity index is 1.55. The van der Waals surface area contributed by atoms with Crippen molar-refractivity contribution in [1.29, 1.82) is 0 Å². The van der Waals surface area contributed by atoms with E-state index in [-0.39, 0.29) is 0 Å². The van der Waals surface area contributed by atoms with Gasteiger partial charge in [-0.15, -0.1) is 0 Å². The van der Waals surface area contributed by atoms with E-state index in [1.807, 2.05) is 49.4 Å². The van der Waals surface area contributed by atoms with Crippen LogP contribution < -0.4 is 4.74 Å². The Morgan fingerprint density at radius 2 is 1.37 bits per heavy atom. The van der Waals surface area contributed by atoms with Gasteiger partial charge in [-0.3, -0.25) is 0 Å². The summed E-state index contributed by atoms with van der Waals surface area (Å²) in [6, 6.07) is 13.8. The van der Waals surface area contributed by atoms with Crippen LogP contribution in [0.25, 0.3) is 0 Å². The summed E-state index contributed by atoms with van der Waals surface area (Å²) in [6.07, 6.45) is 12.3. The average molecular weight is 475 g/mol. The highest BCUT2D eigenvalue weighted by Crippen LogP contribution is 2.26. The summed E-state index contributed by atoms with van der Waals surface area (Å²) in [5, 5.41) is 17.4. The zero-order valence-corrected chi connectivity index (χ0v) is 19.7. The van der Waals surface area contributed by atoms with Crippen LogP contribution in [0.1, 0.15) is 69.8 Å². The molecule has 0 saturated heterocycles. The first kappa shape index (κ1) is 24.5. The van der Waals surface area contributed by atoms with Crippen LogP contribution in [0.2, 0.25) is 0 Å². The van der Waals surface area contributed by atoms with Gasteiger partial charge >= 0.3 is 0 Å². The molecule has 0 aliphatic carbocycles. The van der Waals surface area contributed by atoms with Crippen LogP contribution >= 0.6 is 15.9 Å². The van der Waals surface area contributed by atoms with Crippen LogP contribution in [-0.4, -0.2) is 18.3 Å². The Bertz CT molecular complexity index is 747. The topological polar surface area (TPSA) is 54.2 Å². The average Bonchev–Trinajstić information content (AvgIpc) is 2.75. The molecule has 0 aromatic heterocycles. The van der Waals surface area contributed by atoms with E-state index in [4.69, 9.17) is 9.84 Å². The fraction of sp³-hybridized carbons (Fsp3) is 0.520. The minimum absolute atomic E-state index is 0.337. The van der Waals surface area contributed by atoms with Crippen LogP contribution in [-0.2, 0) is 0 Å². The van der Waals surface area contributed by atoms with Crippen LogP contribution in [0.15, 0.2) is 57.2 Å². The van der Waals surface area contributed by atoms with Crippen molar-refractivity contribution in [2.75, 3.05) is 13.2 Å². The fourth-order valence-corrected chi connectivity index (χ4v) is 3.75. The van der Waals surface area contributed by atoms with Gasteiger partial charge in [0.05, 0.1) is 18.0 Å². The first-order valence-corrected chi connectivity index (χ1v) is 12.0. The van der Waals surface area contributed by atoms with Gasteiger partial charge in [-0.1, -0.05) is 67.3 Å². The maximum Gasteiger partial charge on any atom is 0.119 e. The minimum atomic E-state index is 0.337.